The first-order chi connectivity index (χ1) is 13.1. The lowest BCUT2D eigenvalue weighted by atomic mass is 10.0. The number of carbonyl (C=O) groups is 1. The van der Waals surface area contributed by atoms with Crippen molar-refractivity contribution in [3.8, 4) is 11.5 Å². The Bertz CT molecular complexity index is 965. The van der Waals surface area contributed by atoms with Crippen molar-refractivity contribution in [3.63, 3.8) is 0 Å². The summed E-state index contributed by atoms with van der Waals surface area (Å²) in [6.45, 7) is 1.99. The summed E-state index contributed by atoms with van der Waals surface area (Å²) in [5, 5.41) is 14.7. The van der Waals surface area contributed by atoms with E-state index in [9.17, 15) is 9.90 Å². The average Bonchev–Trinajstić information content (AvgIpc) is 2.70. The van der Waals surface area contributed by atoms with E-state index in [4.69, 9.17) is 4.74 Å². The largest absolute Gasteiger partial charge is 0.507 e. The van der Waals surface area contributed by atoms with Crippen molar-refractivity contribution in [2.75, 3.05) is 7.11 Å². The van der Waals surface area contributed by atoms with Crippen molar-refractivity contribution < 1.29 is 14.6 Å². The molecule has 0 heterocycles. The molecule has 0 unspecified atom stereocenters. The van der Waals surface area contributed by atoms with Crippen LogP contribution < -0.4 is 10.2 Å². The first-order valence-corrected chi connectivity index (χ1v) is 8.46. The van der Waals surface area contributed by atoms with Gasteiger partial charge < -0.3 is 9.84 Å². The Hall–Kier alpha value is -3.60. The molecule has 0 radical (unpaired) electrons. The summed E-state index contributed by atoms with van der Waals surface area (Å²) < 4.78 is 5.14. The Kier molecular flexibility index (Phi) is 5.52. The molecule has 0 bridgehead atoms. The Balaban J connectivity index is 2.00. The fourth-order valence-electron chi connectivity index (χ4n) is 2.59. The molecule has 3 aromatic rings. The molecule has 0 aliphatic heterocycles. The average molecular weight is 360 g/mol. The van der Waals surface area contributed by atoms with Gasteiger partial charge in [0.15, 0.2) is 0 Å². The molecule has 0 atom stereocenters. The number of benzene rings is 3. The number of nitrogens with one attached hydrogen (secondary N) is 1. The van der Waals surface area contributed by atoms with Crippen LogP contribution in [0.4, 0.5) is 0 Å². The Morgan fingerprint density at radius 2 is 1.67 bits per heavy atom. The first-order valence-electron chi connectivity index (χ1n) is 8.46. The van der Waals surface area contributed by atoms with Gasteiger partial charge in [-0.15, -0.1) is 0 Å². The fourth-order valence-corrected chi connectivity index (χ4v) is 2.59. The maximum absolute atomic E-state index is 12.4. The van der Waals surface area contributed by atoms with E-state index < -0.39 is 0 Å². The quantitative estimate of drug-likeness (QED) is 0.536. The summed E-state index contributed by atoms with van der Waals surface area (Å²) in [5.41, 5.74) is 5.90. The van der Waals surface area contributed by atoms with Gasteiger partial charge >= 0.3 is 0 Å². The number of hydrogen-bond donors (Lipinski definition) is 2. The van der Waals surface area contributed by atoms with Crippen LogP contribution in [0.5, 0.6) is 11.5 Å². The minimum Gasteiger partial charge on any atom is -0.507 e. The number of hydrazone groups is 1. The van der Waals surface area contributed by atoms with E-state index in [0.29, 0.717) is 22.6 Å². The summed E-state index contributed by atoms with van der Waals surface area (Å²) >= 11 is 0. The van der Waals surface area contributed by atoms with E-state index in [0.717, 1.165) is 11.1 Å². The predicted molar refractivity (Wildman–Crippen MR) is 105 cm³/mol. The summed E-state index contributed by atoms with van der Waals surface area (Å²) in [4.78, 5) is 12.4. The van der Waals surface area contributed by atoms with Crippen LogP contribution in [0.15, 0.2) is 77.9 Å². The lowest BCUT2D eigenvalue weighted by Gasteiger charge is -2.11. The van der Waals surface area contributed by atoms with Crippen molar-refractivity contribution in [2.24, 2.45) is 5.10 Å². The highest BCUT2D eigenvalue weighted by molar-refractivity contribution is 6.15. The summed E-state index contributed by atoms with van der Waals surface area (Å²) in [5.74, 6) is 0.226. The van der Waals surface area contributed by atoms with Crippen molar-refractivity contribution in [1.29, 1.82) is 0 Å². The second kappa shape index (κ2) is 8.19. The number of phenolic OH excluding ortho intramolecular Hbond substituents is 1. The van der Waals surface area contributed by atoms with Crippen LogP contribution in [-0.2, 0) is 0 Å². The topological polar surface area (TPSA) is 70.9 Å². The Morgan fingerprint density at radius 3 is 2.30 bits per heavy atom. The van der Waals surface area contributed by atoms with Crippen LogP contribution in [0, 0.1) is 6.92 Å². The standard InChI is InChI=1S/C22H20N2O3/c1-15-8-10-16(11-9-15)21(19-13-12-18(27-2)14-20(19)25)23-24-22(26)17-6-4-3-5-7-17/h3-14,25H,1-2H3,(H,24,26). The molecule has 136 valence electrons. The Morgan fingerprint density at radius 1 is 0.963 bits per heavy atom. The SMILES string of the molecule is COc1ccc(C(=NNC(=O)c2ccccc2)c2ccc(C)cc2)c(O)c1. The maximum Gasteiger partial charge on any atom is 0.271 e. The molecular formula is C22H20N2O3. The summed E-state index contributed by atoms with van der Waals surface area (Å²) in [7, 11) is 1.53. The highest BCUT2D eigenvalue weighted by Gasteiger charge is 2.14. The van der Waals surface area contributed by atoms with E-state index in [-0.39, 0.29) is 11.7 Å². The fraction of sp³-hybridized carbons (Fsp3) is 0.0909. The molecule has 0 aliphatic rings. The van der Waals surface area contributed by atoms with Gasteiger partial charge in [-0.3, -0.25) is 4.79 Å². The minimum absolute atomic E-state index is 0.0163. The maximum atomic E-state index is 12.4. The minimum atomic E-state index is -0.326. The van der Waals surface area contributed by atoms with Crippen molar-refractivity contribution in [1.82, 2.24) is 5.43 Å². The molecule has 0 aliphatic carbocycles. The van der Waals surface area contributed by atoms with Gasteiger partial charge in [0.2, 0.25) is 0 Å². The molecule has 1 amide bonds. The van der Waals surface area contributed by atoms with Gasteiger partial charge in [0.25, 0.3) is 5.91 Å². The monoisotopic (exact) mass is 360 g/mol. The molecule has 3 rings (SSSR count). The smallest absolute Gasteiger partial charge is 0.271 e. The number of aromatic hydroxyl groups is 1. The second-order valence-corrected chi connectivity index (χ2v) is 6.02. The van der Waals surface area contributed by atoms with Gasteiger partial charge in [-0.1, -0.05) is 48.0 Å². The van der Waals surface area contributed by atoms with E-state index in [1.807, 2.05) is 37.3 Å². The van der Waals surface area contributed by atoms with Crippen LogP contribution in [-0.4, -0.2) is 23.8 Å². The molecule has 2 N–H and O–H groups in total. The van der Waals surface area contributed by atoms with E-state index in [1.54, 1.807) is 36.4 Å². The van der Waals surface area contributed by atoms with E-state index in [1.165, 1.54) is 13.2 Å². The highest BCUT2D eigenvalue weighted by atomic mass is 16.5. The Labute approximate surface area is 157 Å². The number of nitrogens with zero attached hydrogens (tertiary/aromatic N) is 1. The van der Waals surface area contributed by atoms with Gasteiger partial charge in [-0.05, 0) is 31.2 Å². The third kappa shape index (κ3) is 4.33. The van der Waals surface area contributed by atoms with Gasteiger partial charge in [0, 0.05) is 22.8 Å². The second-order valence-electron chi connectivity index (χ2n) is 6.02. The third-order valence-corrected chi connectivity index (χ3v) is 4.09. The van der Waals surface area contributed by atoms with Gasteiger partial charge in [-0.25, -0.2) is 5.43 Å². The molecule has 0 saturated heterocycles. The molecule has 3 aromatic carbocycles. The summed E-state index contributed by atoms with van der Waals surface area (Å²) in [6, 6.07) is 21.5. The number of amides is 1. The molecular weight excluding hydrogens is 340 g/mol. The molecule has 0 saturated carbocycles. The van der Waals surface area contributed by atoms with Gasteiger partial charge in [0.1, 0.15) is 17.2 Å². The molecule has 0 fully saturated rings. The molecule has 0 spiro atoms. The molecule has 5 heteroatoms. The predicted octanol–water partition coefficient (Wildman–Crippen LogP) is 3.89. The number of methoxy groups -OCH3 is 1. The normalized spacial score (nSPS) is 11.1. The third-order valence-electron chi connectivity index (χ3n) is 4.09. The number of aryl methyl sites for hydroxylation is 1. The molecule has 0 aromatic heterocycles. The zero-order valence-electron chi connectivity index (χ0n) is 15.1. The van der Waals surface area contributed by atoms with Crippen LogP contribution in [0.25, 0.3) is 0 Å². The zero-order chi connectivity index (χ0) is 19.2. The lowest BCUT2D eigenvalue weighted by molar-refractivity contribution is 0.0955. The first kappa shape index (κ1) is 18.2. The van der Waals surface area contributed by atoms with Crippen LogP contribution in [0.3, 0.4) is 0 Å². The van der Waals surface area contributed by atoms with Crippen LogP contribution >= 0.6 is 0 Å². The summed E-state index contributed by atoms with van der Waals surface area (Å²) in [6.07, 6.45) is 0. The van der Waals surface area contributed by atoms with Gasteiger partial charge in [-0.2, -0.15) is 5.10 Å². The number of rotatable bonds is 5. The number of ether oxygens (including phenoxy) is 1. The van der Waals surface area contributed by atoms with E-state index in [2.05, 4.69) is 10.5 Å². The van der Waals surface area contributed by atoms with Crippen LogP contribution in [0.1, 0.15) is 27.0 Å². The van der Waals surface area contributed by atoms with E-state index >= 15 is 0 Å². The molecule has 5 nitrogen and oxygen atoms in total. The van der Waals surface area contributed by atoms with Gasteiger partial charge in [0.05, 0.1) is 7.11 Å². The number of phenols is 1. The lowest BCUT2D eigenvalue weighted by Crippen LogP contribution is -2.20. The number of carbonyl (C=O) groups excluding carboxylic acids is 1. The zero-order valence-corrected chi connectivity index (χ0v) is 15.1. The van der Waals surface area contributed by atoms with Crippen molar-refractivity contribution in [3.05, 3.63) is 95.1 Å². The highest BCUT2D eigenvalue weighted by Crippen LogP contribution is 2.26. The molecule has 27 heavy (non-hydrogen) atoms. The number of hydrogen-bond acceptors (Lipinski definition) is 4. The van der Waals surface area contributed by atoms with Crippen molar-refractivity contribution >= 4 is 11.6 Å². The van der Waals surface area contributed by atoms with Crippen LogP contribution in [0.2, 0.25) is 0 Å². The van der Waals surface area contributed by atoms with Crippen molar-refractivity contribution in [2.45, 2.75) is 6.92 Å².